The molecule has 0 saturated carbocycles. The largest absolute Gasteiger partial charge is 0.475 e. The number of aromatic carboxylic acids is 1. The van der Waals surface area contributed by atoms with Crippen LogP contribution >= 0.6 is 0 Å². The van der Waals surface area contributed by atoms with Crippen LogP contribution in [0.2, 0.25) is 0 Å². The highest BCUT2D eigenvalue weighted by Gasteiger charge is 2.24. The summed E-state index contributed by atoms with van der Waals surface area (Å²) in [5, 5.41) is 9.73. The van der Waals surface area contributed by atoms with Crippen LogP contribution in [-0.4, -0.2) is 24.5 Å². The zero-order chi connectivity index (χ0) is 17.5. The Kier molecular flexibility index (Phi) is 3.76. The number of fused-ring (bicyclic) bond motifs is 1. The third-order valence-electron chi connectivity index (χ3n) is 3.47. The van der Waals surface area contributed by atoms with Gasteiger partial charge in [-0.2, -0.15) is 0 Å². The summed E-state index contributed by atoms with van der Waals surface area (Å²) in [5.74, 6) is -1.76. The number of rotatable bonds is 4. The van der Waals surface area contributed by atoms with E-state index in [0.29, 0.717) is 11.2 Å². The summed E-state index contributed by atoms with van der Waals surface area (Å²) >= 11 is 0. The number of aromatic nitrogens is 1. The Hall–Kier alpha value is -2.87. The second-order valence-corrected chi connectivity index (χ2v) is 6.98. The molecule has 1 aromatic carbocycles. The molecule has 0 aliphatic rings. The van der Waals surface area contributed by atoms with Gasteiger partial charge in [0.15, 0.2) is 0 Å². The Morgan fingerprint density at radius 2 is 2.00 bits per heavy atom. The van der Waals surface area contributed by atoms with E-state index in [1.807, 2.05) is 19.1 Å². The minimum Gasteiger partial charge on any atom is -0.475 e. The lowest BCUT2D eigenvalue weighted by Crippen LogP contribution is -2.14. The summed E-state index contributed by atoms with van der Waals surface area (Å²) in [6.07, 6.45) is 1.57. The normalized spacial score (nSPS) is 11.6. The van der Waals surface area contributed by atoms with Crippen LogP contribution in [0, 0.1) is 13.8 Å². The van der Waals surface area contributed by atoms with Crippen LogP contribution in [0.25, 0.3) is 10.9 Å². The molecule has 2 aromatic heterocycles. The molecule has 0 aliphatic heterocycles. The van der Waals surface area contributed by atoms with Crippen LogP contribution in [-0.2, 0) is 10.0 Å². The van der Waals surface area contributed by atoms with Gasteiger partial charge in [-0.1, -0.05) is 6.07 Å². The van der Waals surface area contributed by atoms with Gasteiger partial charge in [-0.15, -0.1) is 0 Å². The number of carboxylic acids is 1. The van der Waals surface area contributed by atoms with Gasteiger partial charge in [0, 0.05) is 17.6 Å². The first-order chi connectivity index (χ1) is 11.3. The van der Waals surface area contributed by atoms with Crippen molar-refractivity contribution in [1.29, 1.82) is 0 Å². The Morgan fingerprint density at radius 3 is 2.67 bits per heavy atom. The summed E-state index contributed by atoms with van der Waals surface area (Å²) in [4.78, 5) is 14.9. The van der Waals surface area contributed by atoms with Crippen molar-refractivity contribution >= 4 is 32.6 Å². The van der Waals surface area contributed by atoms with E-state index in [0.717, 1.165) is 17.0 Å². The van der Waals surface area contributed by atoms with Gasteiger partial charge in [-0.05, 0) is 37.6 Å². The number of anilines is 1. The second kappa shape index (κ2) is 5.64. The van der Waals surface area contributed by atoms with Crippen LogP contribution in [0.5, 0.6) is 0 Å². The number of sulfonamides is 1. The van der Waals surface area contributed by atoms with Crippen LogP contribution < -0.4 is 4.72 Å². The number of benzene rings is 1. The fourth-order valence-electron chi connectivity index (χ4n) is 2.46. The highest BCUT2D eigenvalue weighted by molar-refractivity contribution is 7.92. The molecule has 2 N–H and O–H groups in total. The van der Waals surface area contributed by atoms with E-state index in [2.05, 4.69) is 9.71 Å². The minimum atomic E-state index is -4.01. The summed E-state index contributed by atoms with van der Waals surface area (Å²) < 4.78 is 32.7. The number of hydrogen-bond donors (Lipinski definition) is 2. The minimum absolute atomic E-state index is 0.00446. The van der Waals surface area contributed by atoms with Crippen molar-refractivity contribution in [2.75, 3.05) is 4.72 Å². The number of nitrogens with zero attached hydrogens (tertiary/aromatic N) is 1. The number of nitrogens with one attached hydrogen (secondary N) is 1. The van der Waals surface area contributed by atoms with E-state index >= 15 is 0 Å². The maximum atomic E-state index is 12.6. The number of carboxylic acid groups (broad SMARTS) is 1. The van der Waals surface area contributed by atoms with Gasteiger partial charge in [0.25, 0.3) is 10.0 Å². The lowest BCUT2D eigenvalue weighted by Gasteiger charge is -2.10. The first-order valence-corrected chi connectivity index (χ1v) is 8.48. The first kappa shape index (κ1) is 16.0. The van der Waals surface area contributed by atoms with E-state index in [4.69, 9.17) is 9.52 Å². The van der Waals surface area contributed by atoms with E-state index in [9.17, 15) is 13.2 Å². The number of furan rings is 1. The highest BCUT2D eigenvalue weighted by atomic mass is 32.2. The standard InChI is InChI=1S/C16H14N2O5S/c1-9-6-11-4-3-5-17-15(11)12(7-9)18-24(21,22)14-8-13(16(19)20)23-10(14)2/h3-8,18H,1-2H3,(H,19,20). The molecule has 124 valence electrons. The van der Waals surface area contributed by atoms with Gasteiger partial charge < -0.3 is 9.52 Å². The zero-order valence-corrected chi connectivity index (χ0v) is 13.7. The van der Waals surface area contributed by atoms with Crippen LogP contribution in [0.1, 0.15) is 21.9 Å². The van der Waals surface area contributed by atoms with Crippen molar-refractivity contribution in [2.24, 2.45) is 0 Å². The highest BCUT2D eigenvalue weighted by Crippen LogP contribution is 2.28. The molecule has 0 spiro atoms. The Morgan fingerprint density at radius 1 is 1.25 bits per heavy atom. The van der Waals surface area contributed by atoms with Crippen molar-refractivity contribution in [3.63, 3.8) is 0 Å². The van der Waals surface area contributed by atoms with E-state index in [1.54, 1.807) is 18.3 Å². The molecule has 0 unspecified atom stereocenters. The van der Waals surface area contributed by atoms with E-state index in [-0.39, 0.29) is 10.7 Å². The third-order valence-corrected chi connectivity index (χ3v) is 4.94. The predicted octanol–water partition coefficient (Wildman–Crippen LogP) is 2.94. The maximum Gasteiger partial charge on any atom is 0.371 e. The smallest absolute Gasteiger partial charge is 0.371 e. The maximum absolute atomic E-state index is 12.6. The summed E-state index contributed by atoms with van der Waals surface area (Å²) in [5.41, 5.74) is 1.69. The Balaban J connectivity index is 2.09. The fraction of sp³-hybridized carbons (Fsp3) is 0.125. The van der Waals surface area contributed by atoms with Crippen molar-refractivity contribution in [3.05, 3.63) is 53.6 Å². The number of aryl methyl sites for hydroxylation is 2. The van der Waals surface area contributed by atoms with Crippen LogP contribution in [0.3, 0.4) is 0 Å². The fourth-order valence-corrected chi connectivity index (χ4v) is 3.69. The van der Waals surface area contributed by atoms with E-state index < -0.39 is 21.8 Å². The van der Waals surface area contributed by atoms with Gasteiger partial charge >= 0.3 is 5.97 Å². The molecular weight excluding hydrogens is 332 g/mol. The molecular formula is C16H14N2O5S. The summed E-state index contributed by atoms with van der Waals surface area (Å²) in [7, 11) is -4.01. The number of carbonyl (C=O) groups is 1. The topological polar surface area (TPSA) is 110 Å². The SMILES string of the molecule is Cc1cc(NS(=O)(=O)c2cc(C(=O)O)oc2C)c2ncccc2c1. The lowest BCUT2D eigenvalue weighted by atomic mass is 10.1. The Labute approximate surface area is 138 Å². The molecule has 7 nitrogen and oxygen atoms in total. The molecule has 24 heavy (non-hydrogen) atoms. The third kappa shape index (κ3) is 2.83. The molecule has 0 atom stereocenters. The van der Waals surface area contributed by atoms with E-state index in [1.165, 1.54) is 6.92 Å². The molecule has 3 aromatic rings. The van der Waals surface area contributed by atoms with Crippen molar-refractivity contribution in [2.45, 2.75) is 18.7 Å². The molecule has 0 bridgehead atoms. The predicted molar refractivity (Wildman–Crippen MR) is 87.7 cm³/mol. The summed E-state index contributed by atoms with van der Waals surface area (Å²) in [6.45, 7) is 3.24. The monoisotopic (exact) mass is 346 g/mol. The molecule has 3 rings (SSSR count). The van der Waals surface area contributed by atoms with Gasteiger partial charge in [0.1, 0.15) is 10.7 Å². The first-order valence-electron chi connectivity index (χ1n) is 7.00. The van der Waals surface area contributed by atoms with Gasteiger partial charge in [-0.3, -0.25) is 9.71 Å². The number of hydrogen-bond acceptors (Lipinski definition) is 5. The summed E-state index contributed by atoms with van der Waals surface area (Å²) in [6, 6.07) is 8.15. The van der Waals surface area contributed by atoms with Gasteiger partial charge in [-0.25, -0.2) is 13.2 Å². The zero-order valence-electron chi connectivity index (χ0n) is 12.9. The molecule has 2 heterocycles. The molecule has 0 fully saturated rings. The van der Waals surface area contributed by atoms with Crippen LogP contribution in [0.4, 0.5) is 5.69 Å². The Bertz CT molecular complexity index is 1050. The molecule has 8 heteroatoms. The molecule has 0 aliphatic carbocycles. The molecule has 0 radical (unpaired) electrons. The average molecular weight is 346 g/mol. The second-order valence-electron chi connectivity index (χ2n) is 5.33. The van der Waals surface area contributed by atoms with Crippen LogP contribution in [0.15, 0.2) is 45.8 Å². The quantitative estimate of drug-likeness (QED) is 0.751. The van der Waals surface area contributed by atoms with Gasteiger partial charge in [0.05, 0.1) is 11.2 Å². The number of pyridine rings is 1. The van der Waals surface area contributed by atoms with Crippen molar-refractivity contribution in [3.8, 4) is 0 Å². The molecule has 0 amide bonds. The van der Waals surface area contributed by atoms with Crippen molar-refractivity contribution < 1.29 is 22.7 Å². The van der Waals surface area contributed by atoms with Crippen molar-refractivity contribution in [1.82, 2.24) is 4.98 Å². The average Bonchev–Trinajstić information content (AvgIpc) is 2.90. The van der Waals surface area contributed by atoms with Gasteiger partial charge in [0.2, 0.25) is 5.76 Å². The molecule has 0 saturated heterocycles. The lowest BCUT2D eigenvalue weighted by molar-refractivity contribution is 0.0661.